The van der Waals surface area contributed by atoms with Crippen molar-refractivity contribution in [2.45, 2.75) is 28.1 Å². The molecule has 2 saturated heterocycles. The van der Waals surface area contributed by atoms with Gasteiger partial charge in [0.2, 0.25) is 5.54 Å². The summed E-state index contributed by atoms with van der Waals surface area (Å²) in [6, 6.07) is 8.35. The third kappa shape index (κ3) is 2.25. The Hall–Kier alpha value is -0.830. The molecule has 0 spiro atoms. The molecule has 0 amide bonds. The Morgan fingerprint density at radius 3 is 2.57 bits per heavy atom. The predicted molar refractivity (Wildman–Crippen MR) is 78.1 cm³/mol. The summed E-state index contributed by atoms with van der Waals surface area (Å²) >= 11 is 1.98. The second-order valence-corrected chi connectivity index (χ2v) is 7.10. The summed E-state index contributed by atoms with van der Waals surface area (Å²) in [5.74, 6) is -1.17. The molecule has 0 aliphatic carbocycles. The fourth-order valence-electron chi connectivity index (χ4n) is 3.18. The molecule has 2 aliphatic heterocycles. The van der Waals surface area contributed by atoms with Gasteiger partial charge in [-0.3, -0.25) is 4.90 Å². The lowest BCUT2D eigenvalue weighted by atomic mass is 9.90. The zero-order valence-electron chi connectivity index (χ0n) is 10.9. The van der Waals surface area contributed by atoms with Crippen molar-refractivity contribution >= 4 is 28.6 Å². The molecule has 2 heterocycles. The van der Waals surface area contributed by atoms with E-state index < -0.39 is 23.7 Å². The average Bonchev–Trinajstić information content (AvgIpc) is 2.79. The van der Waals surface area contributed by atoms with Gasteiger partial charge in [-0.05, 0) is 12.0 Å². The van der Waals surface area contributed by atoms with E-state index in [0.29, 0.717) is 0 Å². The van der Waals surface area contributed by atoms with Gasteiger partial charge in [0.15, 0.2) is 0 Å². The minimum absolute atomic E-state index is 0.0377. The Balaban J connectivity index is 2.07. The maximum atomic E-state index is 13.7. The van der Waals surface area contributed by atoms with Crippen LogP contribution in [0.3, 0.4) is 0 Å². The van der Waals surface area contributed by atoms with Crippen molar-refractivity contribution in [3.63, 3.8) is 0 Å². The van der Waals surface area contributed by atoms with Gasteiger partial charge in [-0.25, -0.2) is 4.79 Å². The largest absolute Gasteiger partial charge is 0.462 e. The van der Waals surface area contributed by atoms with Gasteiger partial charge in [-0.15, -0.1) is 0 Å². The molecule has 0 aromatic heterocycles. The van der Waals surface area contributed by atoms with Crippen LogP contribution >= 0.6 is 22.6 Å². The van der Waals surface area contributed by atoms with Gasteiger partial charge in [0.25, 0.3) is 0 Å². The number of benzene rings is 1. The molecule has 7 heteroatoms. The van der Waals surface area contributed by atoms with Crippen LogP contribution in [0, 0.1) is 0 Å². The highest BCUT2D eigenvalue weighted by molar-refractivity contribution is 14.1. The summed E-state index contributed by atoms with van der Waals surface area (Å²) in [7, 11) is 0. The van der Waals surface area contributed by atoms with E-state index in [9.17, 15) is 18.0 Å². The number of cyclic esters (lactones) is 1. The zero-order chi connectivity index (χ0) is 15.3. The second kappa shape index (κ2) is 5.12. The number of morpholine rings is 1. The van der Waals surface area contributed by atoms with Crippen molar-refractivity contribution in [2.75, 3.05) is 13.2 Å². The van der Waals surface area contributed by atoms with Crippen molar-refractivity contribution in [1.82, 2.24) is 4.90 Å². The molecule has 2 fully saturated rings. The van der Waals surface area contributed by atoms with E-state index in [1.54, 1.807) is 30.3 Å². The van der Waals surface area contributed by atoms with Crippen LogP contribution in [-0.4, -0.2) is 39.7 Å². The van der Waals surface area contributed by atoms with Gasteiger partial charge < -0.3 is 4.74 Å². The van der Waals surface area contributed by atoms with E-state index in [1.807, 2.05) is 22.6 Å². The Labute approximate surface area is 133 Å². The van der Waals surface area contributed by atoms with Crippen molar-refractivity contribution in [2.24, 2.45) is 0 Å². The van der Waals surface area contributed by atoms with E-state index in [1.165, 1.54) is 4.90 Å². The molecule has 3 rings (SSSR count). The van der Waals surface area contributed by atoms with E-state index in [4.69, 9.17) is 4.74 Å². The molecule has 1 aromatic rings. The first-order valence-electron chi connectivity index (χ1n) is 6.56. The van der Waals surface area contributed by atoms with Crippen LogP contribution in [-0.2, 0) is 9.53 Å². The van der Waals surface area contributed by atoms with Gasteiger partial charge in [-0.1, -0.05) is 52.9 Å². The number of nitrogens with zero attached hydrogens (tertiary/aromatic N) is 1. The summed E-state index contributed by atoms with van der Waals surface area (Å²) in [4.78, 5) is 13.3. The minimum atomic E-state index is -4.64. The molecule has 1 aromatic carbocycles. The van der Waals surface area contributed by atoms with Crippen LogP contribution < -0.4 is 0 Å². The highest BCUT2D eigenvalue weighted by Crippen LogP contribution is 2.51. The van der Waals surface area contributed by atoms with Crippen molar-refractivity contribution < 1.29 is 22.7 Å². The zero-order valence-corrected chi connectivity index (χ0v) is 13.1. The van der Waals surface area contributed by atoms with Crippen molar-refractivity contribution in [3.8, 4) is 0 Å². The predicted octanol–water partition coefficient (Wildman–Crippen LogP) is 3.09. The molecule has 0 bridgehead atoms. The molecule has 114 valence electrons. The fraction of sp³-hybridized carbons (Fsp3) is 0.500. The molecule has 0 N–H and O–H groups in total. The minimum Gasteiger partial charge on any atom is -0.462 e. The Morgan fingerprint density at radius 1 is 1.29 bits per heavy atom. The van der Waals surface area contributed by atoms with Gasteiger partial charge >= 0.3 is 12.1 Å². The molecule has 1 unspecified atom stereocenters. The summed E-state index contributed by atoms with van der Waals surface area (Å²) in [6.45, 7) is 0.193. The quantitative estimate of drug-likeness (QED) is 0.404. The van der Waals surface area contributed by atoms with Crippen LogP contribution in [0.25, 0.3) is 0 Å². The number of hydrogen-bond donors (Lipinski definition) is 0. The Kier molecular flexibility index (Phi) is 3.67. The van der Waals surface area contributed by atoms with E-state index in [2.05, 4.69) is 0 Å². The number of alkyl halides is 4. The van der Waals surface area contributed by atoms with Gasteiger partial charge in [0.05, 0.1) is 6.04 Å². The number of ether oxygens (including phenoxy) is 1. The number of hydrogen-bond acceptors (Lipinski definition) is 3. The van der Waals surface area contributed by atoms with Crippen LogP contribution in [0.2, 0.25) is 0 Å². The van der Waals surface area contributed by atoms with Crippen LogP contribution in [0.5, 0.6) is 0 Å². The molecule has 2 aliphatic rings. The van der Waals surface area contributed by atoms with E-state index >= 15 is 0 Å². The van der Waals surface area contributed by atoms with Gasteiger partial charge in [0, 0.05) is 10.5 Å². The van der Waals surface area contributed by atoms with Crippen molar-refractivity contribution in [3.05, 3.63) is 35.9 Å². The maximum absolute atomic E-state index is 13.7. The first kappa shape index (κ1) is 15.1. The summed E-state index contributed by atoms with van der Waals surface area (Å²) in [5.41, 5.74) is -1.76. The number of halogens is 4. The van der Waals surface area contributed by atoms with Crippen molar-refractivity contribution in [1.29, 1.82) is 0 Å². The number of fused-ring (bicyclic) bond motifs is 1. The van der Waals surface area contributed by atoms with Crippen LogP contribution in [0.4, 0.5) is 13.2 Å². The Bertz CT molecular complexity index is 551. The molecule has 3 atom stereocenters. The molecule has 21 heavy (non-hydrogen) atoms. The molecule has 0 saturated carbocycles. The monoisotopic (exact) mass is 411 g/mol. The molecule has 3 nitrogen and oxygen atoms in total. The fourth-order valence-corrected chi connectivity index (χ4v) is 4.24. The SMILES string of the molecule is O=C1OC[C@@H](c2ccccc2)N2CC(I)C[C@@]12C(F)(F)F. The summed E-state index contributed by atoms with van der Waals surface area (Å²) in [5, 5.41) is 0. The first-order chi connectivity index (χ1) is 9.86. The highest BCUT2D eigenvalue weighted by atomic mass is 127. The first-order valence-corrected chi connectivity index (χ1v) is 7.80. The number of carbonyl (C=O) groups is 1. The smallest absolute Gasteiger partial charge is 0.417 e. The molecule has 0 radical (unpaired) electrons. The lowest BCUT2D eigenvalue weighted by Crippen LogP contribution is -2.65. The summed E-state index contributed by atoms with van der Waals surface area (Å²) < 4.78 is 45.7. The molecular formula is C14H13F3INO2. The van der Waals surface area contributed by atoms with Gasteiger partial charge in [-0.2, -0.15) is 13.2 Å². The average molecular weight is 411 g/mol. The topological polar surface area (TPSA) is 29.5 Å². The van der Waals surface area contributed by atoms with E-state index in [0.717, 1.165) is 5.56 Å². The van der Waals surface area contributed by atoms with Crippen LogP contribution in [0.1, 0.15) is 18.0 Å². The second-order valence-electron chi connectivity index (χ2n) is 5.34. The van der Waals surface area contributed by atoms with E-state index in [-0.39, 0.29) is 23.5 Å². The maximum Gasteiger partial charge on any atom is 0.417 e. The van der Waals surface area contributed by atoms with Crippen LogP contribution in [0.15, 0.2) is 30.3 Å². The van der Waals surface area contributed by atoms with Gasteiger partial charge in [0.1, 0.15) is 6.61 Å². The Morgan fingerprint density at radius 2 is 1.95 bits per heavy atom. The lowest BCUT2D eigenvalue weighted by molar-refractivity contribution is -0.252. The molecular weight excluding hydrogens is 398 g/mol. The normalized spacial score (nSPS) is 33.6. The number of carbonyl (C=O) groups excluding carboxylic acids is 1. The third-order valence-electron chi connectivity index (χ3n) is 4.14. The highest BCUT2D eigenvalue weighted by Gasteiger charge is 2.71. The number of esters is 1. The third-order valence-corrected chi connectivity index (χ3v) is 4.98. The lowest BCUT2D eigenvalue weighted by Gasteiger charge is -2.45. The standard InChI is InChI=1S/C14H13F3INO2/c15-14(16,17)13-6-10(18)7-19(13)11(8-21-12(13)20)9-4-2-1-3-5-9/h1-5,10-11H,6-8H2/t10?,11-,13-/m0/s1. The number of rotatable bonds is 1. The summed E-state index contributed by atoms with van der Waals surface area (Å²) in [6.07, 6.45) is -4.89.